The highest BCUT2D eigenvalue weighted by Gasteiger charge is 2.34. The number of hydrogen-bond donors (Lipinski definition) is 1. The molecule has 1 aromatic rings. The minimum Gasteiger partial charge on any atom is -0.494 e. The van der Waals surface area contributed by atoms with Crippen LogP contribution in [0.5, 0.6) is 5.75 Å². The molecule has 1 aromatic carbocycles. The molecule has 1 aliphatic heterocycles. The predicted molar refractivity (Wildman–Crippen MR) is 95.0 cm³/mol. The molecule has 1 unspecified atom stereocenters. The maximum atomic E-state index is 12.6. The molecule has 0 radical (unpaired) electrons. The maximum absolute atomic E-state index is 12.6. The molecule has 0 amide bonds. The SMILES string of the molecule is CN(CCCOc1ccc(Cl)cc1)S(=O)(=O)N1CCCC(C(=O)O)C1. The van der Waals surface area contributed by atoms with E-state index in [9.17, 15) is 13.2 Å². The maximum Gasteiger partial charge on any atom is 0.307 e. The summed E-state index contributed by atoms with van der Waals surface area (Å²) in [6, 6.07) is 6.95. The molecule has 0 bridgehead atoms. The van der Waals surface area contributed by atoms with Crippen LogP contribution in [0, 0.1) is 5.92 Å². The number of carbonyl (C=O) groups is 1. The second-order valence-corrected chi connectivity index (χ2v) is 8.49. The topological polar surface area (TPSA) is 87.2 Å². The Bertz CT molecular complexity index is 680. The fraction of sp³-hybridized carbons (Fsp3) is 0.562. The number of piperidine rings is 1. The number of aliphatic carboxylic acids is 1. The highest BCUT2D eigenvalue weighted by Crippen LogP contribution is 2.21. The van der Waals surface area contributed by atoms with Gasteiger partial charge in [0.2, 0.25) is 0 Å². The fourth-order valence-corrected chi connectivity index (χ4v) is 4.28. The number of benzene rings is 1. The van der Waals surface area contributed by atoms with Crippen LogP contribution in [0.25, 0.3) is 0 Å². The molecule has 2 rings (SSSR count). The third-order valence-electron chi connectivity index (χ3n) is 4.15. The first-order valence-electron chi connectivity index (χ1n) is 8.13. The van der Waals surface area contributed by atoms with Crippen molar-refractivity contribution in [3.63, 3.8) is 0 Å². The van der Waals surface area contributed by atoms with E-state index in [2.05, 4.69) is 0 Å². The van der Waals surface area contributed by atoms with Gasteiger partial charge in [-0.1, -0.05) is 11.6 Å². The largest absolute Gasteiger partial charge is 0.494 e. The molecule has 1 aliphatic rings. The van der Waals surface area contributed by atoms with Crippen molar-refractivity contribution in [2.24, 2.45) is 5.92 Å². The first-order chi connectivity index (χ1) is 11.8. The summed E-state index contributed by atoms with van der Waals surface area (Å²) >= 11 is 5.80. The Kier molecular flexibility index (Phi) is 7.06. The van der Waals surface area contributed by atoms with E-state index in [1.165, 1.54) is 15.7 Å². The van der Waals surface area contributed by atoms with Gasteiger partial charge in [0.25, 0.3) is 10.2 Å². The van der Waals surface area contributed by atoms with Crippen LogP contribution in [0.1, 0.15) is 19.3 Å². The zero-order valence-electron chi connectivity index (χ0n) is 14.1. The van der Waals surface area contributed by atoms with Crippen molar-refractivity contribution in [1.29, 1.82) is 0 Å². The second kappa shape index (κ2) is 8.84. The Hall–Kier alpha value is -1.35. The summed E-state index contributed by atoms with van der Waals surface area (Å²) in [6.07, 6.45) is 1.60. The van der Waals surface area contributed by atoms with Crippen LogP contribution in [-0.4, -0.2) is 61.4 Å². The minimum atomic E-state index is -3.65. The quantitative estimate of drug-likeness (QED) is 0.686. The van der Waals surface area contributed by atoms with Crippen LogP contribution in [0.3, 0.4) is 0 Å². The summed E-state index contributed by atoms with van der Waals surface area (Å²) < 4.78 is 33.2. The highest BCUT2D eigenvalue weighted by atomic mass is 35.5. The average molecular weight is 391 g/mol. The standard InChI is InChI=1S/C16H23ClN2O5S/c1-18(9-3-11-24-15-7-5-14(17)6-8-15)25(22,23)19-10-2-4-13(12-19)16(20)21/h5-8,13H,2-4,9-12H2,1H3,(H,20,21). The lowest BCUT2D eigenvalue weighted by Crippen LogP contribution is -2.48. The van der Waals surface area contributed by atoms with Crippen LogP contribution >= 0.6 is 11.6 Å². The van der Waals surface area contributed by atoms with Crippen molar-refractivity contribution in [2.75, 3.05) is 33.3 Å². The van der Waals surface area contributed by atoms with Gasteiger partial charge in [-0.3, -0.25) is 4.79 Å². The molecular weight excluding hydrogens is 368 g/mol. The number of ether oxygens (including phenoxy) is 1. The van der Waals surface area contributed by atoms with Crippen molar-refractivity contribution < 1.29 is 23.1 Å². The number of halogens is 1. The average Bonchev–Trinajstić information content (AvgIpc) is 2.60. The lowest BCUT2D eigenvalue weighted by atomic mass is 10.0. The smallest absolute Gasteiger partial charge is 0.307 e. The third-order valence-corrected chi connectivity index (χ3v) is 6.36. The molecule has 1 heterocycles. The molecule has 7 nitrogen and oxygen atoms in total. The zero-order chi connectivity index (χ0) is 18.4. The summed E-state index contributed by atoms with van der Waals surface area (Å²) in [7, 11) is -2.15. The summed E-state index contributed by atoms with van der Waals surface area (Å²) in [5.41, 5.74) is 0. The van der Waals surface area contributed by atoms with Gasteiger partial charge < -0.3 is 9.84 Å². The van der Waals surface area contributed by atoms with E-state index >= 15 is 0 Å². The van der Waals surface area contributed by atoms with Gasteiger partial charge in [0.05, 0.1) is 12.5 Å². The zero-order valence-corrected chi connectivity index (χ0v) is 15.7. The van der Waals surface area contributed by atoms with Gasteiger partial charge in [0.15, 0.2) is 0 Å². The summed E-state index contributed by atoms with van der Waals surface area (Å²) in [5.74, 6) is -0.903. The molecule has 1 atom stereocenters. The van der Waals surface area contributed by atoms with Crippen LogP contribution in [0.2, 0.25) is 5.02 Å². The van der Waals surface area contributed by atoms with Gasteiger partial charge in [-0.25, -0.2) is 0 Å². The van der Waals surface area contributed by atoms with E-state index in [1.807, 2.05) is 0 Å². The molecule has 1 N–H and O–H groups in total. The molecule has 25 heavy (non-hydrogen) atoms. The lowest BCUT2D eigenvalue weighted by Gasteiger charge is -2.32. The lowest BCUT2D eigenvalue weighted by molar-refractivity contribution is -0.142. The monoisotopic (exact) mass is 390 g/mol. The van der Waals surface area contributed by atoms with Crippen LogP contribution in [0.4, 0.5) is 0 Å². The molecule has 1 saturated heterocycles. The van der Waals surface area contributed by atoms with E-state index in [-0.39, 0.29) is 6.54 Å². The first kappa shape index (κ1) is 20.0. The molecule has 1 fully saturated rings. The number of hydrogen-bond acceptors (Lipinski definition) is 4. The summed E-state index contributed by atoms with van der Waals surface area (Å²) in [5, 5.41) is 9.72. The number of nitrogens with zero attached hydrogens (tertiary/aromatic N) is 2. The van der Waals surface area contributed by atoms with Crippen molar-refractivity contribution in [3.8, 4) is 5.75 Å². The molecular formula is C16H23ClN2O5S. The van der Waals surface area contributed by atoms with Gasteiger partial charge in [-0.2, -0.15) is 17.0 Å². The Balaban J connectivity index is 1.81. The third kappa shape index (κ3) is 5.57. The Labute approximate surface area is 153 Å². The van der Waals surface area contributed by atoms with E-state index in [1.54, 1.807) is 24.3 Å². The number of carboxylic acids is 1. The summed E-state index contributed by atoms with van der Waals surface area (Å²) in [4.78, 5) is 11.1. The van der Waals surface area contributed by atoms with E-state index < -0.39 is 22.1 Å². The van der Waals surface area contributed by atoms with Gasteiger partial charge in [0.1, 0.15) is 5.75 Å². The molecule has 0 saturated carbocycles. The van der Waals surface area contributed by atoms with Crippen molar-refractivity contribution >= 4 is 27.8 Å². The second-order valence-electron chi connectivity index (χ2n) is 6.02. The van der Waals surface area contributed by atoms with Gasteiger partial charge >= 0.3 is 5.97 Å². The first-order valence-corrected chi connectivity index (χ1v) is 9.91. The number of rotatable bonds is 8. The predicted octanol–water partition coefficient (Wildman–Crippen LogP) is 2.08. The summed E-state index contributed by atoms with van der Waals surface area (Å²) in [6.45, 7) is 1.06. The van der Waals surface area contributed by atoms with E-state index in [0.717, 1.165) is 0 Å². The minimum absolute atomic E-state index is 0.0310. The molecule has 0 aromatic heterocycles. The molecule has 9 heteroatoms. The van der Waals surface area contributed by atoms with Gasteiger partial charge in [0, 0.05) is 31.7 Å². The molecule has 0 aliphatic carbocycles. The Morgan fingerprint density at radius 1 is 1.40 bits per heavy atom. The normalized spacial score (nSPS) is 19.1. The Morgan fingerprint density at radius 2 is 2.08 bits per heavy atom. The Morgan fingerprint density at radius 3 is 2.72 bits per heavy atom. The van der Waals surface area contributed by atoms with Crippen molar-refractivity contribution in [2.45, 2.75) is 19.3 Å². The van der Waals surface area contributed by atoms with Crippen LogP contribution < -0.4 is 4.74 Å². The fourth-order valence-electron chi connectivity index (χ4n) is 2.67. The van der Waals surface area contributed by atoms with Crippen molar-refractivity contribution in [3.05, 3.63) is 29.3 Å². The van der Waals surface area contributed by atoms with Crippen LogP contribution in [0.15, 0.2) is 24.3 Å². The van der Waals surface area contributed by atoms with E-state index in [0.29, 0.717) is 49.7 Å². The van der Waals surface area contributed by atoms with E-state index in [4.69, 9.17) is 21.4 Å². The number of carboxylic acid groups (broad SMARTS) is 1. The van der Waals surface area contributed by atoms with Gasteiger partial charge in [-0.05, 0) is 43.5 Å². The highest BCUT2D eigenvalue weighted by molar-refractivity contribution is 7.86. The van der Waals surface area contributed by atoms with Crippen molar-refractivity contribution in [1.82, 2.24) is 8.61 Å². The molecule has 0 spiro atoms. The van der Waals surface area contributed by atoms with Crippen LogP contribution in [-0.2, 0) is 15.0 Å². The van der Waals surface area contributed by atoms with Gasteiger partial charge in [-0.15, -0.1) is 0 Å². The molecule has 140 valence electrons.